The summed E-state index contributed by atoms with van der Waals surface area (Å²) in [6.07, 6.45) is 0.832. The molecule has 1 aromatic carbocycles. The molecule has 146 valence electrons. The molecular weight excluding hydrogens is 346 g/mol. The van der Waals surface area contributed by atoms with Gasteiger partial charge in [-0.05, 0) is 30.5 Å². The van der Waals surface area contributed by atoms with E-state index in [4.69, 9.17) is 9.47 Å². The van der Waals surface area contributed by atoms with E-state index in [2.05, 4.69) is 24.0 Å². The summed E-state index contributed by atoms with van der Waals surface area (Å²) in [6, 6.07) is 11.1. The molecular formula is C20H27N3O4. The van der Waals surface area contributed by atoms with Crippen molar-refractivity contribution < 1.29 is 19.4 Å². The van der Waals surface area contributed by atoms with E-state index in [1.165, 1.54) is 0 Å². The third-order valence-corrected chi connectivity index (χ3v) is 4.38. The summed E-state index contributed by atoms with van der Waals surface area (Å²) in [5, 5.41) is 18.0. The Bertz CT molecular complexity index is 747. The van der Waals surface area contributed by atoms with Crippen LogP contribution in [0.25, 0.3) is 0 Å². The van der Waals surface area contributed by atoms with E-state index in [0.717, 1.165) is 12.1 Å². The fraction of sp³-hybridized carbons (Fsp3) is 0.500. The van der Waals surface area contributed by atoms with Crippen molar-refractivity contribution in [3.63, 3.8) is 0 Å². The number of hydrogen-bond acceptors (Lipinski definition) is 5. The number of aliphatic hydroxyl groups is 1. The number of para-hydroxylation sites is 1. The number of ether oxygens (including phenoxy) is 2. The monoisotopic (exact) mass is 373 g/mol. The van der Waals surface area contributed by atoms with E-state index in [9.17, 15) is 9.90 Å². The molecule has 7 heteroatoms. The first-order valence-corrected chi connectivity index (χ1v) is 9.27. The molecule has 1 fully saturated rings. The van der Waals surface area contributed by atoms with Crippen LogP contribution < -0.4 is 4.74 Å². The lowest BCUT2D eigenvalue weighted by molar-refractivity contribution is -0.0621. The summed E-state index contributed by atoms with van der Waals surface area (Å²) < 4.78 is 11.2. The van der Waals surface area contributed by atoms with Crippen LogP contribution in [0.1, 0.15) is 30.0 Å². The first-order chi connectivity index (χ1) is 13.0. The highest BCUT2D eigenvalue weighted by Crippen LogP contribution is 2.18. The van der Waals surface area contributed by atoms with Gasteiger partial charge in [0.15, 0.2) is 0 Å². The van der Waals surface area contributed by atoms with Crippen molar-refractivity contribution in [3.05, 3.63) is 47.8 Å². The van der Waals surface area contributed by atoms with Crippen LogP contribution in [-0.4, -0.2) is 64.6 Å². The molecule has 0 radical (unpaired) electrons. The summed E-state index contributed by atoms with van der Waals surface area (Å²) in [5.41, 5.74) is 0.0139. The number of carbonyl (C=O) groups is 1. The Morgan fingerprint density at radius 2 is 2.19 bits per heavy atom. The van der Waals surface area contributed by atoms with Gasteiger partial charge in [0.25, 0.3) is 5.91 Å². The highest BCUT2D eigenvalue weighted by molar-refractivity contribution is 5.92. The maximum atomic E-state index is 12.8. The summed E-state index contributed by atoms with van der Waals surface area (Å²) in [5.74, 6) is 0.920. The number of carbonyl (C=O) groups excluding carboxylic acids is 1. The van der Waals surface area contributed by atoms with Crippen molar-refractivity contribution in [2.75, 3.05) is 32.9 Å². The SMILES string of the molecule is CC(C)Cc1cc(C(=O)N2CCOC[C@](O)(COc3ccccc3)C2)n[nH]1. The first kappa shape index (κ1) is 19.4. The Hall–Kier alpha value is -2.38. The van der Waals surface area contributed by atoms with Crippen LogP contribution in [0.3, 0.4) is 0 Å². The molecule has 0 unspecified atom stereocenters. The number of amides is 1. The number of β-amino-alcohol motifs (C(OH)–C–C–N with tert-alkyl or cyclic N) is 1. The third kappa shape index (κ3) is 5.30. The molecule has 27 heavy (non-hydrogen) atoms. The largest absolute Gasteiger partial charge is 0.490 e. The molecule has 1 saturated heterocycles. The number of nitrogens with zero attached hydrogens (tertiary/aromatic N) is 2. The van der Waals surface area contributed by atoms with E-state index in [0.29, 0.717) is 30.5 Å². The Labute approximate surface area is 159 Å². The summed E-state index contributed by atoms with van der Waals surface area (Å²) >= 11 is 0. The summed E-state index contributed by atoms with van der Waals surface area (Å²) in [4.78, 5) is 14.4. The van der Waals surface area contributed by atoms with Crippen molar-refractivity contribution in [1.82, 2.24) is 15.1 Å². The Balaban J connectivity index is 1.66. The van der Waals surface area contributed by atoms with Crippen molar-refractivity contribution >= 4 is 5.91 Å². The lowest BCUT2D eigenvalue weighted by atomic mass is 10.1. The van der Waals surface area contributed by atoms with E-state index in [-0.39, 0.29) is 25.7 Å². The molecule has 1 aromatic heterocycles. The second-order valence-electron chi connectivity index (χ2n) is 7.48. The minimum absolute atomic E-state index is 0.0416. The molecule has 0 aliphatic carbocycles. The van der Waals surface area contributed by atoms with Crippen LogP contribution in [0.5, 0.6) is 5.75 Å². The van der Waals surface area contributed by atoms with Gasteiger partial charge in [0.05, 0.1) is 19.8 Å². The molecule has 1 aliphatic rings. The van der Waals surface area contributed by atoms with E-state index >= 15 is 0 Å². The second-order valence-corrected chi connectivity index (χ2v) is 7.48. The van der Waals surface area contributed by atoms with Crippen molar-refractivity contribution in [2.45, 2.75) is 25.9 Å². The third-order valence-electron chi connectivity index (χ3n) is 4.38. The van der Waals surface area contributed by atoms with E-state index < -0.39 is 5.60 Å². The topological polar surface area (TPSA) is 87.7 Å². The van der Waals surface area contributed by atoms with Gasteiger partial charge in [0, 0.05) is 12.2 Å². The molecule has 0 saturated carbocycles. The molecule has 1 atom stereocenters. The molecule has 2 N–H and O–H groups in total. The smallest absolute Gasteiger partial charge is 0.274 e. The fourth-order valence-electron chi connectivity index (χ4n) is 3.09. The summed E-state index contributed by atoms with van der Waals surface area (Å²) in [6.45, 7) is 5.28. The quantitative estimate of drug-likeness (QED) is 0.807. The standard InChI is InChI=1S/C20H27N3O4/c1-15(2)10-16-11-18(22-21-16)19(24)23-8-9-26-13-20(25,12-23)14-27-17-6-4-3-5-7-17/h3-7,11,15,25H,8-10,12-14H2,1-2H3,(H,21,22)/t20-/m0/s1. The first-order valence-electron chi connectivity index (χ1n) is 9.27. The Morgan fingerprint density at radius 1 is 1.41 bits per heavy atom. The Morgan fingerprint density at radius 3 is 2.93 bits per heavy atom. The van der Waals surface area contributed by atoms with Gasteiger partial charge in [-0.2, -0.15) is 5.10 Å². The zero-order chi connectivity index (χ0) is 19.3. The predicted molar refractivity (Wildman–Crippen MR) is 101 cm³/mol. The van der Waals surface area contributed by atoms with Crippen LogP contribution in [0.2, 0.25) is 0 Å². The van der Waals surface area contributed by atoms with Gasteiger partial charge < -0.3 is 19.5 Å². The molecule has 0 bridgehead atoms. The number of aromatic amines is 1. The van der Waals surface area contributed by atoms with Crippen molar-refractivity contribution in [3.8, 4) is 5.75 Å². The van der Waals surface area contributed by atoms with Crippen LogP contribution in [0, 0.1) is 5.92 Å². The Kier molecular flexibility index (Phi) is 6.13. The van der Waals surface area contributed by atoms with Gasteiger partial charge in [-0.3, -0.25) is 9.89 Å². The van der Waals surface area contributed by atoms with Crippen LogP contribution >= 0.6 is 0 Å². The van der Waals surface area contributed by atoms with Gasteiger partial charge >= 0.3 is 0 Å². The summed E-state index contributed by atoms with van der Waals surface area (Å²) in [7, 11) is 0. The molecule has 2 heterocycles. The number of rotatable bonds is 6. The highest BCUT2D eigenvalue weighted by Gasteiger charge is 2.36. The van der Waals surface area contributed by atoms with Gasteiger partial charge in [-0.15, -0.1) is 0 Å². The number of H-pyrrole nitrogens is 1. The lowest BCUT2D eigenvalue weighted by Crippen LogP contribution is -2.50. The van der Waals surface area contributed by atoms with Crippen molar-refractivity contribution in [2.24, 2.45) is 5.92 Å². The average Bonchev–Trinajstić information content (AvgIpc) is 3.01. The maximum Gasteiger partial charge on any atom is 0.274 e. The molecule has 0 spiro atoms. The zero-order valence-electron chi connectivity index (χ0n) is 15.9. The number of benzene rings is 1. The van der Waals surface area contributed by atoms with E-state index in [1.54, 1.807) is 11.0 Å². The zero-order valence-corrected chi connectivity index (χ0v) is 15.9. The molecule has 7 nitrogen and oxygen atoms in total. The highest BCUT2D eigenvalue weighted by atomic mass is 16.5. The van der Waals surface area contributed by atoms with Crippen LogP contribution in [-0.2, 0) is 11.2 Å². The molecule has 2 aromatic rings. The second kappa shape index (κ2) is 8.54. The van der Waals surface area contributed by atoms with E-state index in [1.807, 2.05) is 30.3 Å². The number of nitrogens with one attached hydrogen (secondary N) is 1. The van der Waals surface area contributed by atoms with Crippen LogP contribution in [0.15, 0.2) is 36.4 Å². The maximum absolute atomic E-state index is 12.8. The van der Waals surface area contributed by atoms with Gasteiger partial charge in [0.1, 0.15) is 23.7 Å². The van der Waals surface area contributed by atoms with Crippen LogP contribution in [0.4, 0.5) is 0 Å². The van der Waals surface area contributed by atoms with Gasteiger partial charge in [-0.1, -0.05) is 32.0 Å². The minimum atomic E-state index is -1.28. The predicted octanol–water partition coefficient (Wildman–Crippen LogP) is 1.89. The minimum Gasteiger partial charge on any atom is -0.490 e. The molecule has 1 aliphatic heterocycles. The lowest BCUT2D eigenvalue weighted by Gasteiger charge is -2.30. The van der Waals surface area contributed by atoms with Gasteiger partial charge in [0.2, 0.25) is 0 Å². The molecule has 1 amide bonds. The number of aromatic nitrogens is 2. The fourth-order valence-corrected chi connectivity index (χ4v) is 3.09. The normalized spacial score (nSPS) is 20.5. The number of hydrogen-bond donors (Lipinski definition) is 2. The van der Waals surface area contributed by atoms with Gasteiger partial charge in [-0.25, -0.2) is 0 Å². The van der Waals surface area contributed by atoms with Crippen molar-refractivity contribution in [1.29, 1.82) is 0 Å². The average molecular weight is 373 g/mol. The molecule has 3 rings (SSSR count).